The third-order valence-corrected chi connectivity index (χ3v) is 4.43. The first-order chi connectivity index (χ1) is 14.0. The Labute approximate surface area is 170 Å². The summed E-state index contributed by atoms with van der Waals surface area (Å²) in [5.41, 5.74) is 3.90. The molecular formula is C22H24N4O3. The first-order valence-corrected chi connectivity index (χ1v) is 9.25. The fourth-order valence-corrected chi connectivity index (χ4v) is 2.88. The SMILES string of the molecule is CCc1ccc(Nc2cc(C)ncn2)cc1NC(=O)c1cc(OC)cc(OC)c1. The van der Waals surface area contributed by atoms with Gasteiger partial charge in [0.15, 0.2) is 0 Å². The van der Waals surface area contributed by atoms with E-state index in [1.807, 2.05) is 38.1 Å². The lowest BCUT2D eigenvalue weighted by molar-refractivity contribution is 0.102. The average Bonchev–Trinajstić information content (AvgIpc) is 2.73. The molecule has 1 aromatic heterocycles. The van der Waals surface area contributed by atoms with Crippen LogP contribution in [-0.4, -0.2) is 30.1 Å². The van der Waals surface area contributed by atoms with Crippen molar-refractivity contribution in [3.63, 3.8) is 0 Å². The molecule has 7 nitrogen and oxygen atoms in total. The molecule has 1 heterocycles. The molecule has 2 N–H and O–H groups in total. The molecule has 0 unspecified atom stereocenters. The van der Waals surface area contributed by atoms with E-state index in [1.54, 1.807) is 32.4 Å². The predicted molar refractivity (Wildman–Crippen MR) is 113 cm³/mol. The van der Waals surface area contributed by atoms with Gasteiger partial charge in [0.25, 0.3) is 5.91 Å². The fraction of sp³-hybridized carbons (Fsp3) is 0.227. The van der Waals surface area contributed by atoms with Gasteiger partial charge in [-0.2, -0.15) is 0 Å². The van der Waals surface area contributed by atoms with Crippen molar-refractivity contribution in [1.29, 1.82) is 0 Å². The van der Waals surface area contributed by atoms with E-state index < -0.39 is 0 Å². The monoisotopic (exact) mass is 392 g/mol. The summed E-state index contributed by atoms with van der Waals surface area (Å²) in [4.78, 5) is 21.2. The van der Waals surface area contributed by atoms with Gasteiger partial charge in [-0.05, 0) is 43.2 Å². The third kappa shape index (κ3) is 5.01. The highest BCUT2D eigenvalue weighted by Gasteiger charge is 2.13. The van der Waals surface area contributed by atoms with Crippen molar-refractivity contribution >= 4 is 23.1 Å². The topological polar surface area (TPSA) is 85.4 Å². The lowest BCUT2D eigenvalue weighted by Gasteiger charge is -2.14. The first-order valence-electron chi connectivity index (χ1n) is 9.25. The Hall–Kier alpha value is -3.61. The number of benzene rings is 2. The van der Waals surface area contributed by atoms with Crippen LogP contribution in [0.3, 0.4) is 0 Å². The molecule has 3 rings (SSSR count). The van der Waals surface area contributed by atoms with Crippen molar-refractivity contribution in [2.45, 2.75) is 20.3 Å². The molecule has 0 spiro atoms. The molecule has 0 aliphatic heterocycles. The molecule has 3 aromatic rings. The summed E-state index contributed by atoms with van der Waals surface area (Å²) in [6, 6.07) is 12.8. The second kappa shape index (κ2) is 9.05. The van der Waals surface area contributed by atoms with Gasteiger partial charge in [-0.3, -0.25) is 4.79 Å². The highest BCUT2D eigenvalue weighted by atomic mass is 16.5. The number of aryl methyl sites for hydroxylation is 2. The van der Waals surface area contributed by atoms with Crippen LogP contribution in [0.4, 0.5) is 17.2 Å². The summed E-state index contributed by atoms with van der Waals surface area (Å²) in [7, 11) is 3.10. The van der Waals surface area contributed by atoms with Gasteiger partial charge in [-0.25, -0.2) is 9.97 Å². The number of hydrogen-bond acceptors (Lipinski definition) is 6. The number of ether oxygens (including phenoxy) is 2. The number of rotatable bonds is 7. The van der Waals surface area contributed by atoms with E-state index in [0.29, 0.717) is 22.9 Å². The molecule has 0 bridgehead atoms. The third-order valence-electron chi connectivity index (χ3n) is 4.43. The van der Waals surface area contributed by atoms with E-state index in [9.17, 15) is 4.79 Å². The minimum absolute atomic E-state index is 0.244. The number of nitrogens with zero attached hydrogens (tertiary/aromatic N) is 2. The van der Waals surface area contributed by atoms with Crippen LogP contribution in [-0.2, 0) is 6.42 Å². The van der Waals surface area contributed by atoms with Gasteiger partial charge in [0.05, 0.1) is 14.2 Å². The molecule has 0 aliphatic carbocycles. The maximum Gasteiger partial charge on any atom is 0.255 e. The minimum Gasteiger partial charge on any atom is -0.497 e. The zero-order valence-corrected chi connectivity index (χ0v) is 16.9. The zero-order chi connectivity index (χ0) is 20.8. The van der Waals surface area contributed by atoms with Gasteiger partial charge in [0.2, 0.25) is 0 Å². The summed E-state index contributed by atoms with van der Waals surface area (Å²) in [6.07, 6.45) is 2.29. The molecule has 2 aromatic carbocycles. The first kappa shape index (κ1) is 20.1. The molecule has 0 saturated carbocycles. The van der Waals surface area contributed by atoms with Crippen molar-refractivity contribution in [1.82, 2.24) is 9.97 Å². The second-order valence-electron chi connectivity index (χ2n) is 6.45. The van der Waals surface area contributed by atoms with Crippen LogP contribution in [0.5, 0.6) is 11.5 Å². The molecule has 0 fully saturated rings. The van der Waals surface area contributed by atoms with Gasteiger partial charge in [-0.15, -0.1) is 0 Å². The van der Waals surface area contributed by atoms with Gasteiger partial charge < -0.3 is 20.1 Å². The van der Waals surface area contributed by atoms with E-state index in [4.69, 9.17) is 9.47 Å². The zero-order valence-electron chi connectivity index (χ0n) is 16.9. The molecule has 0 radical (unpaired) electrons. The average molecular weight is 392 g/mol. The Bertz CT molecular complexity index is 998. The van der Waals surface area contributed by atoms with Crippen LogP contribution in [0.25, 0.3) is 0 Å². The maximum absolute atomic E-state index is 12.9. The summed E-state index contributed by atoms with van der Waals surface area (Å²) in [5.74, 6) is 1.56. The van der Waals surface area contributed by atoms with Crippen molar-refractivity contribution in [3.8, 4) is 11.5 Å². The largest absolute Gasteiger partial charge is 0.497 e. The predicted octanol–water partition coefficient (Wildman–Crippen LogP) is 4.36. The number of nitrogens with one attached hydrogen (secondary N) is 2. The molecule has 150 valence electrons. The van der Waals surface area contributed by atoms with Crippen molar-refractivity contribution in [2.24, 2.45) is 0 Å². The fourth-order valence-electron chi connectivity index (χ4n) is 2.88. The highest BCUT2D eigenvalue weighted by molar-refractivity contribution is 6.05. The molecule has 7 heteroatoms. The molecule has 1 amide bonds. The normalized spacial score (nSPS) is 10.3. The molecule has 0 aliphatic rings. The summed E-state index contributed by atoms with van der Waals surface area (Å²) < 4.78 is 10.5. The number of aromatic nitrogens is 2. The molecule has 0 saturated heterocycles. The quantitative estimate of drug-likeness (QED) is 0.621. The van der Waals surface area contributed by atoms with Crippen LogP contribution < -0.4 is 20.1 Å². The van der Waals surface area contributed by atoms with Crippen molar-refractivity contribution < 1.29 is 14.3 Å². The van der Waals surface area contributed by atoms with Gasteiger partial charge in [0, 0.05) is 34.8 Å². The summed E-state index contributed by atoms with van der Waals surface area (Å²) in [6.45, 7) is 3.95. The maximum atomic E-state index is 12.9. The Morgan fingerprint density at radius 2 is 1.72 bits per heavy atom. The number of carbonyl (C=O) groups is 1. The summed E-state index contributed by atoms with van der Waals surface area (Å²) in [5, 5.41) is 6.24. The molecular weight excluding hydrogens is 368 g/mol. The number of methoxy groups -OCH3 is 2. The smallest absolute Gasteiger partial charge is 0.255 e. The van der Waals surface area contributed by atoms with Gasteiger partial charge in [0.1, 0.15) is 23.6 Å². The summed E-state index contributed by atoms with van der Waals surface area (Å²) >= 11 is 0. The van der Waals surface area contributed by atoms with E-state index in [0.717, 1.165) is 29.1 Å². The Morgan fingerprint density at radius 1 is 1.00 bits per heavy atom. The standard InChI is InChI=1S/C22H24N4O3/c1-5-15-6-7-17(25-21-8-14(2)23-13-24-21)11-20(15)26-22(27)16-9-18(28-3)12-19(10-16)29-4/h6-13H,5H2,1-4H3,(H,26,27)(H,23,24,25). The highest BCUT2D eigenvalue weighted by Crippen LogP contribution is 2.26. The minimum atomic E-state index is -0.244. The lowest BCUT2D eigenvalue weighted by atomic mass is 10.1. The Balaban J connectivity index is 1.86. The Morgan fingerprint density at radius 3 is 2.34 bits per heavy atom. The molecule has 0 atom stereocenters. The van der Waals surface area contributed by atoms with Crippen molar-refractivity contribution in [2.75, 3.05) is 24.9 Å². The van der Waals surface area contributed by atoms with Gasteiger partial charge >= 0.3 is 0 Å². The van der Waals surface area contributed by atoms with Crippen LogP contribution >= 0.6 is 0 Å². The van der Waals surface area contributed by atoms with Crippen LogP contribution in [0, 0.1) is 6.92 Å². The number of hydrogen-bond donors (Lipinski definition) is 2. The van der Waals surface area contributed by atoms with Crippen molar-refractivity contribution in [3.05, 3.63) is 65.6 Å². The lowest BCUT2D eigenvalue weighted by Crippen LogP contribution is -2.14. The Kier molecular flexibility index (Phi) is 6.29. The number of anilines is 3. The second-order valence-corrected chi connectivity index (χ2v) is 6.45. The molecule has 29 heavy (non-hydrogen) atoms. The number of amides is 1. The van der Waals surface area contributed by atoms with Crippen LogP contribution in [0.15, 0.2) is 48.8 Å². The van der Waals surface area contributed by atoms with E-state index >= 15 is 0 Å². The van der Waals surface area contributed by atoms with Gasteiger partial charge in [-0.1, -0.05) is 13.0 Å². The van der Waals surface area contributed by atoms with E-state index in [-0.39, 0.29) is 5.91 Å². The van der Waals surface area contributed by atoms with E-state index in [1.165, 1.54) is 6.33 Å². The van der Waals surface area contributed by atoms with Crippen LogP contribution in [0.2, 0.25) is 0 Å². The van der Waals surface area contributed by atoms with E-state index in [2.05, 4.69) is 20.6 Å². The number of carbonyl (C=O) groups excluding carboxylic acids is 1. The van der Waals surface area contributed by atoms with Crippen LogP contribution in [0.1, 0.15) is 28.5 Å².